The van der Waals surface area contributed by atoms with Crippen molar-refractivity contribution < 1.29 is 13.9 Å². The molecule has 5 heteroatoms. The Morgan fingerprint density at radius 2 is 2.29 bits per heavy atom. The number of furan rings is 1. The third kappa shape index (κ3) is 2.59. The molecular weight excluding hydrogens is 268 g/mol. The Hall–Kier alpha value is -2.06. The zero-order valence-electron chi connectivity index (χ0n) is 12.8. The van der Waals surface area contributed by atoms with Crippen molar-refractivity contribution in [2.75, 3.05) is 7.11 Å². The molecule has 1 N–H and O–H groups in total. The van der Waals surface area contributed by atoms with Crippen LogP contribution in [0.15, 0.2) is 28.4 Å². The molecule has 0 unspecified atom stereocenters. The lowest BCUT2D eigenvalue weighted by molar-refractivity contribution is -0.181. The van der Waals surface area contributed by atoms with Crippen molar-refractivity contribution in [2.24, 2.45) is 5.41 Å². The highest BCUT2D eigenvalue weighted by atomic mass is 16.5. The van der Waals surface area contributed by atoms with Gasteiger partial charge in [0.05, 0.1) is 11.9 Å². The minimum absolute atomic E-state index is 0.0247. The molecule has 1 aliphatic rings. The lowest BCUT2D eigenvalue weighted by atomic mass is 9.56. The predicted octanol–water partition coefficient (Wildman–Crippen LogP) is 2.51. The summed E-state index contributed by atoms with van der Waals surface area (Å²) in [6, 6.07) is 5.29. The topological polar surface area (TPSA) is 75.3 Å². The lowest BCUT2D eigenvalue weighted by Crippen LogP contribution is -2.68. The van der Waals surface area contributed by atoms with E-state index in [1.165, 1.54) is 12.3 Å². The van der Waals surface area contributed by atoms with Gasteiger partial charge in [-0.15, -0.1) is 0 Å². The average Bonchev–Trinajstić information content (AvgIpc) is 2.96. The Balaban J connectivity index is 2.07. The Bertz CT molecular complexity index is 596. The van der Waals surface area contributed by atoms with Crippen molar-refractivity contribution in [3.05, 3.63) is 29.7 Å². The molecule has 112 valence electrons. The van der Waals surface area contributed by atoms with Gasteiger partial charge in [-0.1, -0.05) is 13.8 Å². The van der Waals surface area contributed by atoms with Crippen molar-refractivity contribution in [1.29, 1.82) is 5.26 Å². The molecule has 1 aromatic rings. The van der Waals surface area contributed by atoms with Crippen LogP contribution in [0.1, 0.15) is 33.0 Å². The molecule has 1 aromatic heterocycles. The predicted molar refractivity (Wildman–Crippen MR) is 78.0 cm³/mol. The smallest absolute Gasteiger partial charge is 0.262 e. The minimum atomic E-state index is -0.384. The van der Waals surface area contributed by atoms with Crippen LogP contribution in [0.2, 0.25) is 0 Å². The van der Waals surface area contributed by atoms with Gasteiger partial charge in [-0.05, 0) is 25.5 Å². The van der Waals surface area contributed by atoms with Crippen LogP contribution in [0, 0.1) is 16.7 Å². The second kappa shape index (κ2) is 5.38. The third-order valence-corrected chi connectivity index (χ3v) is 4.78. The molecule has 2 atom stereocenters. The Morgan fingerprint density at radius 3 is 2.76 bits per heavy atom. The normalized spacial score (nSPS) is 27.6. The number of nitrogens with one attached hydrogen (secondary N) is 1. The number of methoxy groups -OCH3 is 1. The summed E-state index contributed by atoms with van der Waals surface area (Å²) in [6.07, 6.45) is 3.66. The number of carbonyl (C=O) groups is 1. The Labute approximate surface area is 124 Å². The van der Waals surface area contributed by atoms with Gasteiger partial charge >= 0.3 is 0 Å². The largest absolute Gasteiger partial charge is 0.465 e. The molecule has 1 aliphatic carbocycles. The standard InChI is InChI=1S/C16H20N2O3/c1-15(2)13(9-16(15,3)20-4)18-14(19)11(10-17)8-12-6-5-7-21-12/h5-8,13H,9H2,1-4H3,(H,18,19)/b11-8-/t13-,16-/m1/s1. The highest BCUT2D eigenvalue weighted by Gasteiger charge is 2.58. The molecule has 21 heavy (non-hydrogen) atoms. The fourth-order valence-electron chi connectivity index (χ4n) is 2.62. The van der Waals surface area contributed by atoms with Crippen LogP contribution in [0.3, 0.4) is 0 Å². The summed E-state index contributed by atoms with van der Waals surface area (Å²) in [5.41, 5.74) is -0.419. The van der Waals surface area contributed by atoms with Crippen LogP contribution < -0.4 is 5.32 Å². The molecule has 2 rings (SSSR count). The van der Waals surface area contributed by atoms with Crippen molar-refractivity contribution in [3.8, 4) is 6.07 Å². The molecule has 0 aromatic carbocycles. The summed E-state index contributed by atoms with van der Waals surface area (Å²) >= 11 is 0. The van der Waals surface area contributed by atoms with E-state index in [2.05, 4.69) is 5.32 Å². The second-order valence-electron chi connectivity index (χ2n) is 6.07. The molecule has 1 fully saturated rings. The average molecular weight is 288 g/mol. The molecule has 0 aliphatic heterocycles. The van der Waals surface area contributed by atoms with Gasteiger partial charge < -0.3 is 14.5 Å². The first-order valence-corrected chi connectivity index (χ1v) is 6.85. The van der Waals surface area contributed by atoms with Gasteiger partial charge in [-0.2, -0.15) is 5.26 Å². The van der Waals surface area contributed by atoms with Crippen LogP contribution >= 0.6 is 0 Å². The quantitative estimate of drug-likeness (QED) is 0.682. The number of ether oxygens (including phenoxy) is 1. The van der Waals surface area contributed by atoms with Crippen LogP contribution in [-0.2, 0) is 9.53 Å². The number of hydrogen-bond acceptors (Lipinski definition) is 4. The van der Waals surface area contributed by atoms with Crippen LogP contribution in [0.25, 0.3) is 6.08 Å². The van der Waals surface area contributed by atoms with E-state index in [1.54, 1.807) is 19.2 Å². The third-order valence-electron chi connectivity index (χ3n) is 4.78. The SMILES string of the molecule is CO[C@]1(C)C[C@@H](NC(=O)/C(C#N)=C\c2ccco2)C1(C)C. The summed E-state index contributed by atoms with van der Waals surface area (Å²) < 4.78 is 10.7. The summed E-state index contributed by atoms with van der Waals surface area (Å²) in [4.78, 5) is 12.2. The molecule has 1 heterocycles. The molecule has 1 amide bonds. The molecule has 0 radical (unpaired) electrons. The van der Waals surface area contributed by atoms with Gasteiger partial charge in [0.25, 0.3) is 5.91 Å². The molecular formula is C16H20N2O3. The minimum Gasteiger partial charge on any atom is -0.465 e. The fraction of sp³-hybridized carbons (Fsp3) is 0.500. The van der Waals surface area contributed by atoms with Crippen molar-refractivity contribution in [1.82, 2.24) is 5.32 Å². The molecule has 0 spiro atoms. The van der Waals surface area contributed by atoms with E-state index in [4.69, 9.17) is 14.4 Å². The zero-order chi connectivity index (χ0) is 15.7. The number of carbonyl (C=O) groups excluding carboxylic acids is 1. The maximum Gasteiger partial charge on any atom is 0.262 e. The van der Waals surface area contributed by atoms with Crippen LogP contribution in [0.4, 0.5) is 0 Å². The van der Waals surface area contributed by atoms with Gasteiger partial charge in [0, 0.05) is 24.6 Å². The molecule has 0 saturated heterocycles. The second-order valence-corrected chi connectivity index (χ2v) is 6.07. The van der Waals surface area contributed by atoms with Crippen LogP contribution in [0.5, 0.6) is 0 Å². The number of rotatable bonds is 4. The highest BCUT2D eigenvalue weighted by Crippen LogP contribution is 2.51. The number of nitriles is 1. The summed E-state index contributed by atoms with van der Waals surface area (Å²) in [5, 5.41) is 12.0. The number of hydrogen-bond donors (Lipinski definition) is 1. The van der Waals surface area contributed by atoms with Gasteiger partial charge in [-0.25, -0.2) is 0 Å². The maximum absolute atomic E-state index is 12.2. The van der Waals surface area contributed by atoms with E-state index in [0.717, 1.165) is 6.42 Å². The Kier molecular flexibility index (Phi) is 3.93. The van der Waals surface area contributed by atoms with Gasteiger partial charge in [-0.3, -0.25) is 4.79 Å². The fourth-order valence-corrected chi connectivity index (χ4v) is 2.62. The van der Waals surface area contributed by atoms with Crippen LogP contribution in [-0.4, -0.2) is 24.7 Å². The molecule has 5 nitrogen and oxygen atoms in total. The van der Waals surface area contributed by atoms with Gasteiger partial charge in [0.2, 0.25) is 0 Å². The highest BCUT2D eigenvalue weighted by molar-refractivity contribution is 6.01. The van der Waals surface area contributed by atoms with Gasteiger partial charge in [0.1, 0.15) is 17.4 Å². The van der Waals surface area contributed by atoms with E-state index in [1.807, 2.05) is 26.8 Å². The first-order valence-electron chi connectivity index (χ1n) is 6.85. The number of nitrogens with zero attached hydrogens (tertiary/aromatic N) is 1. The van der Waals surface area contributed by atoms with Gasteiger partial charge in [0.15, 0.2) is 0 Å². The van der Waals surface area contributed by atoms with Crippen molar-refractivity contribution in [3.63, 3.8) is 0 Å². The van der Waals surface area contributed by atoms with E-state index in [-0.39, 0.29) is 28.5 Å². The summed E-state index contributed by atoms with van der Waals surface area (Å²) in [5.74, 6) is 0.0985. The monoisotopic (exact) mass is 288 g/mol. The zero-order valence-corrected chi connectivity index (χ0v) is 12.8. The van der Waals surface area contributed by atoms with E-state index in [9.17, 15) is 4.79 Å². The van der Waals surface area contributed by atoms with Crippen molar-refractivity contribution >= 4 is 12.0 Å². The molecule has 0 bridgehead atoms. The van der Waals surface area contributed by atoms with E-state index >= 15 is 0 Å². The summed E-state index contributed by atoms with van der Waals surface area (Å²) in [6.45, 7) is 6.13. The van der Waals surface area contributed by atoms with E-state index in [0.29, 0.717) is 5.76 Å². The first kappa shape index (κ1) is 15.3. The maximum atomic E-state index is 12.2. The first-order chi connectivity index (χ1) is 9.84. The lowest BCUT2D eigenvalue weighted by Gasteiger charge is -2.59. The van der Waals surface area contributed by atoms with E-state index < -0.39 is 0 Å². The number of amides is 1. The Morgan fingerprint density at radius 1 is 1.57 bits per heavy atom. The van der Waals surface area contributed by atoms with Crippen molar-refractivity contribution in [2.45, 2.75) is 38.8 Å². The summed E-state index contributed by atoms with van der Waals surface area (Å²) in [7, 11) is 1.68. The molecule has 1 saturated carbocycles.